The highest BCUT2D eigenvalue weighted by atomic mass is 79.9. The highest BCUT2D eigenvalue weighted by molar-refractivity contribution is 9.10. The van der Waals surface area contributed by atoms with Crippen LogP contribution >= 0.6 is 15.9 Å². The maximum absolute atomic E-state index is 13.7. The van der Waals surface area contributed by atoms with Gasteiger partial charge in [-0.3, -0.25) is 4.79 Å². The summed E-state index contributed by atoms with van der Waals surface area (Å²) in [4.78, 5) is 16.4. The molecule has 1 aromatic heterocycles. The molecule has 0 aliphatic rings. The van der Waals surface area contributed by atoms with Crippen molar-refractivity contribution in [3.05, 3.63) is 52.3 Å². The van der Waals surface area contributed by atoms with E-state index in [1.807, 2.05) is 10.8 Å². The average Bonchev–Trinajstić information content (AvgIpc) is 2.77. The standard InChI is InChI=1S/C14H14BrFN2O/c1-2-7-18-8-6-17-13(18)9-12(19)14-10(15)4-3-5-11(14)16/h3-6,8H,2,7,9H2,1H3. The molecule has 0 N–H and O–H groups in total. The quantitative estimate of drug-likeness (QED) is 0.787. The van der Waals surface area contributed by atoms with Crippen LogP contribution in [0.25, 0.3) is 0 Å². The molecule has 0 aliphatic heterocycles. The molecule has 0 amide bonds. The highest BCUT2D eigenvalue weighted by Crippen LogP contribution is 2.21. The van der Waals surface area contributed by atoms with Crippen LogP contribution in [0.3, 0.4) is 0 Å². The van der Waals surface area contributed by atoms with Crippen molar-refractivity contribution in [2.45, 2.75) is 26.3 Å². The summed E-state index contributed by atoms with van der Waals surface area (Å²) >= 11 is 3.21. The molecule has 19 heavy (non-hydrogen) atoms. The molecule has 0 aliphatic carbocycles. The van der Waals surface area contributed by atoms with Gasteiger partial charge in [0.05, 0.1) is 12.0 Å². The summed E-state index contributed by atoms with van der Waals surface area (Å²) in [7, 11) is 0. The summed E-state index contributed by atoms with van der Waals surface area (Å²) in [5.41, 5.74) is 0.0912. The van der Waals surface area contributed by atoms with Crippen LogP contribution in [0.15, 0.2) is 35.1 Å². The van der Waals surface area contributed by atoms with E-state index in [0.29, 0.717) is 10.3 Å². The first-order valence-corrected chi connectivity index (χ1v) is 6.90. The second-order valence-corrected chi connectivity index (χ2v) is 5.09. The minimum atomic E-state index is -0.507. The molecule has 1 heterocycles. The number of halogens is 2. The Morgan fingerprint density at radius 1 is 1.47 bits per heavy atom. The Balaban J connectivity index is 2.24. The van der Waals surface area contributed by atoms with Crippen LogP contribution in [0.4, 0.5) is 4.39 Å². The second kappa shape index (κ2) is 6.10. The SMILES string of the molecule is CCCn1ccnc1CC(=O)c1c(F)cccc1Br. The Bertz CT molecular complexity index is 575. The molecule has 0 saturated carbocycles. The summed E-state index contributed by atoms with van der Waals surface area (Å²) in [5, 5.41) is 0. The zero-order valence-corrected chi connectivity index (χ0v) is 12.2. The van der Waals surface area contributed by atoms with Crippen molar-refractivity contribution in [3.8, 4) is 0 Å². The lowest BCUT2D eigenvalue weighted by atomic mass is 10.1. The van der Waals surface area contributed by atoms with Crippen molar-refractivity contribution in [1.82, 2.24) is 9.55 Å². The van der Waals surface area contributed by atoms with E-state index in [4.69, 9.17) is 0 Å². The maximum Gasteiger partial charge on any atom is 0.174 e. The molecule has 2 aromatic rings. The second-order valence-electron chi connectivity index (χ2n) is 4.23. The Labute approximate surface area is 119 Å². The van der Waals surface area contributed by atoms with Gasteiger partial charge in [0.2, 0.25) is 0 Å². The lowest BCUT2D eigenvalue weighted by molar-refractivity contribution is 0.0985. The number of aromatic nitrogens is 2. The fraction of sp³-hybridized carbons (Fsp3) is 0.286. The summed E-state index contributed by atoms with van der Waals surface area (Å²) in [6.45, 7) is 2.86. The van der Waals surface area contributed by atoms with Gasteiger partial charge in [0.15, 0.2) is 5.78 Å². The predicted molar refractivity (Wildman–Crippen MR) is 74.7 cm³/mol. The van der Waals surface area contributed by atoms with Gasteiger partial charge in [-0.15, -0.1) is 0 Å². The van der Waals surface area contributed by atoms with Crippen molar-refractivity contribution < 1.29 is 9.18 Å². The maximum atomic E-state index is 13.7. The van der Waals surface area contributed by atoms with Gasteiger partial charge in [-0.2, -0.15) is 0 Å². The molecule has 0 fully saturated rings. The number of carbonyl (C=O) groups is 1. The number of benzene rings is 1. The van der Waals surface area contributed by atoms with E-state index in [1.165, 1.54) is 6.07 Å². The van der Waals surface area contributed by atoms with Crippen LogP contribution in [0.1, 0.15) is 29.5 Å². The van der Waals surface area contributed by atoms with E-state index >= 15 is 0 Å². The molecule has 0 atom stereocenters. The fourth-order valence-electron chi connectivity index (χ4n) is 1.95. The lowest BCUT2D eigenvalue weighted by Crippen LogP contribution is -2.12. The van der Waals surface area contributed by atoms with Gasteiger partial charge >= 0.3 is 0 Å². The molecule has 0 spiro atoms. The van der Waals surface area contributed by atoms with E-state index in [-0.39, 0.29) is 17.8 Å². The van der Waals surface area contributed by atoms with E-state index < -0.39 is 5.82 Å². The largest absolute Gasteiger partial charge is 0.335 e. The average molecular weight is 325 g/mol. The van der Waals surface area contributed by atoms with Gasteiger partial charge in [-0.05, 0) is 34.5 Å². The summed E-state index contributed by atoms with van der Waals surface area (Å²) in [6, 6.07) is 4.51. The number of carbonyl (C=O) groups excluding carboxylic acids is 1. The molecule has 100 valence electrons. The van der Waals surface area contributed by atoms with Crippen molar-refractivity contribution >= 4 is 21.7 Å². The Kier molecular flexibility index (Phi) is 4.47. The number of aryl methyl sites for hydroxylation is 1. The topological polar surface area (TPSA) is 34.9 Å². The molecule has 0 bridgehead atoms. The minimum Gasteiger partial charge on any atom is -0.335 e. The first kappa shape index (κ1) is 13.9. The first-order valence-electron chi connectivity index (χ1n) is 6.10. The number of rotatable bonds is 5. The zero-order valence-electron chi connectivity index (χ0n) is 10.6. The van der Waals surface area contributed by atoms with Crippen LogP contribution in [-0.4, -0.2) is 15.3 Å². The minimum absolute atomic E-state index is 0.0912. The molecule has 3 nitrogen and oxygen atoms in total. The van der Waals surface area contributed by atoms with E-state index in [2.05, 4.69) is 27.8 Å². The van der Waals surface area contributed by atoms with Crippen LogP contribution in [0.5, 0.6) is 0 Å². The van der Waals surface area contributed by atoms with Crippen LogP contribution < -0.4 is 0 Å². The first-order chi connectivity index (χ1) is 9.13. The number of nitrogens with zero attached hydrogens (tertiary/aromatic N) is 2. The molecular weight excluding hydrogens is 311 g/mol. The van der Waals surface area contributed by atoms with Gasteiger partial charge in [0.1, 0.15) is 11.6 Å². The van der Waals surface area contributed by atoms with Crippen LogP contribution in [0, 0.1) is 5.82 Å². The molecule has 1 aromatic carbocycles. The third kappa shape index (κ3) is 3.10. The van der Waals surface area contributed by atoms with Gasteiger partial charge in [0, 0.05) is 23.4 Å². The van der Waals surface area contributed by atoms with Gasteiger partial charge in [0.25, 0.3) is 0 Å². The van der Waals surface area contributed by atoms with Crippen molar-refractivity contribution in [2.24, 2.45) is 0 Å². The molecular formula is C14H14BrFN2O. The van der Waals surface area contributed by atoms with Crippen molar-refractivity contribution in [1.29, 1.82) is 0 Å². The van der Waals surface area contributed by atoms with Crippen LogP contribution in [0.2, 0.25) is 0 Å². The Hall–Kier alpha value is -1.49. The van der Waals surface area contributed by atoms with E-state index in [0.717, 1.165) is 13.0 Å². The smallest absolute Gasteiger partial charge is 0.174 e. The summed E-state index contributed by atoms with van der Waals surface area (Å²) in [5.74, 6) is -0.108. The van der Waals surface area contributed by atoms with Crippen LogP contribution in [-0.2, 0) is 13.0 Å². The molecule has 5 heteroatoms. The summed E-state index contributed by atoms with van der Waals surface area (Å²) in [6.07, 6.45) is 4.56. The number of hydrogen-bond acceptors (Lipinski definition) is 2. The summed E-state index contributed by atoms with van der Waals surface area (Å²) < 4.78 is 16.1. The number of ketones is 1. The van der Waals surface area contributed by atoms with Gasteiger partial charge in [-0.1, -0.05) is 13.0 Å². The Morgan fingerprint density at radius 2 is 2.26 bits per heavy atom. The number of hydrogen-bond donors (Lipinski definition) is 0. The van der Waals surface area contributed by atoms with Crippen molar-refractivity contribution in [3.63, 3.8) is 0 Å². The van der Waals surface area contributed by atoms with Gasteiger partial charge in [-0.25, -0.2) is 9.37 Å². The zero-order chi connectivity index (χ0) is 13.8. The van der Waals surface area contributed by atoms with Gasteiger partial charge < -0.3 is 4.57 Å². The normalized spacial score (nSPS) is 10.7. The fourth-order valence-corrected chi connectivity index (χ4v) is 2.51. The van der Waals surface area contributed by atoms with E-state index in [1.54, 1.807) is 18.3 Å². The van der Waals surface area contributed by atoms with Crippen molar-refractivity contribution in [2.75, 3.05) is 0 Å². The monoisotopic (exact) mass is 324 g/mol. The molecule has 0 radical (unpaired) electrons. The molecule has 0 unspecified atom stereocenters. The number of Topliss-reactive ketones (excluding diaryl/α,β-unsaturated/α-hetero) is 1. The number of imidazole rings is 1. The highest BCUT2D eigenvalue weighted by Gasteiger charge is 2.17. The third-order valence-electron chi connectivity index (χ3n) is 2.83. The van der Waals surface area contributed by atoms with E-state index in [9.17, 15) is 9.18 Å². The Morgan fingerprint density at radius 3 is 2.95 bits per heavy atom. The lowest BCUT2D eigenvalue weighted by Gasteiger charge is -2.07. The molecule has 2 rings (SSSR count). The molecule has 0 saturated heterocycles. The predicted octanol–water partition coefficient (Wildman–Crippen LogP) is 3.62. The third-order valence-corrected chi connectivity index (χ3v) is 3.49.